The van der Waals surface area contributed by atoms with E-state index < -0.39 is 5.79 Å². The average molecular weight is 306 g/mol. The summed E-state index contributed by atoms with van der Waals surface area (Å²) in [6.45, 7) is 5.72. The van der Waals surface area contributed by atoms with Crippen molar-refractivity contribution < 1.29 is 23.7 Å². The number of hydrogen-bond donors (Lipinski definition) is 0. The third-order valence-electron chi connectivity index (χ3n) is 4.00. The minimum atomic E-state index is -0.608. The number of benzene rings is 1. The monoisotopic (exact) mass is 306 g/mol. The van der Waals surface area contributed by atoms with Gasteiger partial charge in [-0.3, -0.25) is 0 Å². The van der Waals surface area contributed by atoms with Gasteiger partial charge in [-0.05, 0) is 32.4 Å². The van der Waals surface area contributed by atoms with Crippen LogP contribution in [0.25, 0.3) is 0 Å². The topological polar surface area (TPSA) is 54.0 Å². The lowest BCUT2D eigenvalue weighted by Crippen LogP contribution is -2.33. The van der Waals surface area contributed by atoms with E-state index in [1.165, 1.54) is 0 Å². The highest BCUT2D eigenvalue weighted by atomic mass is 16.8. The number of hydrogen-bond acceptors (Lipinski definition) is 5. The van der Waals surface area contributed by atoms with Gasteiger partial charge >= 0.3 is 5.97 Å². The van der Waals surface area contributed by atoms with Crippen molar-refractivity contribution >= 4 is 5.97 Å². The number of fused-ring (bicyclic) bond motifs is 1. The number of esters is 1. The van der Waals surface area contributed by atoms with E-state index in [9.17, 15) is 4.79 Å². The molecule has 0 radical (unpaired) electrons. The zero-order chi connectivity index (χ0) is 15.7. The number of rotatable bonds is 4. The third kappa shape index (κ3) is 3.16. The zero-order valence-electron chi connectivity index (χ0n) is 13.2. The van der Waals surface area contributed by atoms with Crippen molar-refractivity contribution in [2.24, 2.45) is 0 Å². The highest BCUT2D eigenvalue weighted by Crippen LogP contribution is 2.38. The van der Waals surface area contributed by atoms with Gasteiger partial charge < -0.3 is 18.9 Å². The van der Waals surface area contributed by atoms with Crippen LogP contribution < -0.4 is 0 Å². The molecule has 3 rings (SSSR count). The standard InChI is InChI=1S/C17H22O5/c1-4-12(19-15(18)11-8-6-5-7-9-11)13-10-14-16(20-13)22-17(2,3)21-14/h5-9,12-14,16H,4,10H2,1-3H3/t12?,13-,14+,16+/m0/s1. The van der Waals surface area contributed by atoms with Crippen molar-refractivity contribution in [3.63, 3.8) is 0 Å². The predicted octanol–water partition coefficient (Wildman–Crippen LogP) is 2.89. The maximum atomic E-state index is 12.2. The van der Waals surface area contributed by atoms with Crippen LogP contribution in [0.5, 0.6) is 0 Å². The summed E-state index contributed by atoms with van der Waals surface area (Å²) in [5.41, 5.74) is 0.549. The molecule has 0 saturated carbocycles. The van der Waals surface area contributed by atoms with Crippen molar-refractivity contribution in [1.82, 2.24) is 0 Å². The number of ether oxygens (including phenoxy) is 4. The summed E-state index contributed by atoms with van der Waals surface area (Å²) in [6, 6.07) is 8.99. The smallest absolute Gasteiger partial charge is 0.338 e. The summed E-state index contributed by atoms with van der Waals surface area (Å²) in [5, 5.41) is 0. The van der Waals surface area contributed by atoms with E-state index in [4.69, 9.17) is 18.9 Å². The van der Waals surface area contributed by atoms with Crippen LogP contribution in [-0.2, 0) is 18.9 Å². The Labute approximate surface area is 130 Å². The summed E-state index contributed by atoms with van der Waals surface area (Å²) in [6.07, 6.45) is 0.409. The molecule has 2 fully saturated rings. The molecule has 0 spiro atoms. The fourth-order valence-corrected chi connectivity index (χ4v) is 2.98. The molecule has 120 valence electrons. The average Bonchev–Trinajstić information content (AvgIpc) is 2.98. The van der Waals surface area contributed by atoms with Crippen molar-refractivity contribution in [3.05, 3.63) is 35.9 Å². The predicted molar refractivity (Wildman–Crippen MR) is 79.3 cm³/mol. The molecule has 5 nitrogen and oxygen atoms in total. The van der Waals surface area contributed by atoms with Crippen LogP contribution in [0, 0.1) is 0 Å². The van der Waals surface area contributed by atoms with Crippen LogP contribution in [0.15, 0.2) is 30.3 Å². The molecular formula is C17H22O5. The Bertz CT molecular complexity index is 511. The van der Waals surface area contributed by atoms with Crippen molar-refractivity contribution in [1.29, 1.82) is 0 Å². The third-order valence-corrected chi connectivity index (χ3v) is 4.00. The molecule has 0 N–H and O–H groups in total. The molecule has 2 heterocycles. The molecule has 4 atom stereocenters. The maximum absolute atomic E-state index is 12.2. The van der Waals surface area contributed by atoms with Gasteiger partial charge in [0, 0.05) is 6.42 Å². The minimum absolute atomic E-state index is 0.0931. The molecule has 2 aliphatic heterocycles. The first kappa shape index (κ1) is 15.5. The van der Waals surface area contributed by atoms with E-state index in [-0.39, 0.29) is 30.6 Å². The number of carbonyl (C=O) groups is 1. The zero-order valence-corrected chi connectivity index (χ0v) is 13.2. The first-order valence-electron chi connectivity index (χ1n) is 7.75. The van der Waals surface area contributed by atoms with E-state index in [2.05, 4.69) is 0 Å². The van der Waals surface area contributed by atoms with Gasteiger partial charge in [-0.2, -0.15) is 0 Å². The quantitative estimate of drug-likeness (QED) is 0.801. The molecule has 1 aromatic carbocycles. The van der Waals surface area contributed by atoms with Crippen LogP contribution in [0.2, 0.25) is 0 Å². The number of carbonyl (C=O) groups excluding carboxylic acids is 1. The summed E-state index contributed by atoms with van der Waals surface area (Å²) in [7, 11) is 0. The van der Waals surface area contributed by atoms with Gasteiger partial charge in [-0.15, -0.1) is 0 Å². The molecule has 22 heavy (non-hydrogen) atoms. The molecule has 0 aliphatic carbocycles. The normalized spacial score (nSPS) is 30.8. The molecule has 0 amide bonds. The molecule has 1 aromatic rings. The summed E-state index contributed by atoms with van der Waals surface area (Å²) >= 11 is 0. The lowest BCUT2D eigenvalue weighted by atomic mass is 10.1. The Kier molecular flexibility index (Phi) is 4.21. The van der Waals surface area contributed by atoms with Crippen LogP contribution >= 0.6 is 0 Å². The molecule has 0 bridgehead atoms. The van der Waals surface area contributed by atoms with Gasteiger partial charge in [0.1, 0.15) is 18.3 Å². The Morgan fingerprint density at radius 2 is 2.05 bits per heavy atom. The van der Waals surface area contributed by atoms with E-state index >= 15 is 0 Å². The Hall–Kier alpha value is -1.43. The Morgan fingerprint density at radius 1 is 1.32 bits per heavy atom. The van der Waals surface area contributed by atoms with Crippen LogP contribution in [0.1, 0.15) is 44.0 Å². The highest BCUT2D eigenvalue weighted by molar-refractivity contribution is 5.89. The van der Waals surface area contributed by atoms with Gasteiger partial charge in [0.05, 0.1) is 5.56 Å². The maximum Gasteiger partial charge on any atom is 0.338 e. The fraction of sp³-hybridized carbons (Fsp3) is 0.588. The second-order valence-corrected chi connectivity index (χ2v) is 6.17. The second-order valence-electron chi connectivity index (χ2n) is 6.17. The molecule has 2 aliphatic rings. The molecule has 1 unspecified atom stereocenters. The van der Waals surface area contributed by atoms with Gasteiger partial charge in [0.25, 0.3) is 0 Å². The Morgan fingerprint density at radius 3 is 2.68 bits per heavy atom. The van der Waals surface area contributed by atoms with Gasteiger partial charge in [-0.25, -0.2) is 4.79 Å². The fourth-order valence-electron chi connectivity index (χ4n) is 2.98. The van der Waals surface area contributed by atoms with Gasteiger partial charge in [0.2, 0.25) is 0 Å². The molecular weight excluding hydrogens is 284 g/mol. The van der Waals surface area contributed by atoms with E-state index in [1.54, 1.807) is 12.1 Å². The molecule has 2 saturated heterocycles. The first-order chi connectivity index (χ1) is 10.5. The second kappa shape index (κ2) is 5.99. The van der Waals surface area contributed by atoms with Crippen molar-refractivity contribution in [2.45, 2.75) is 64.0 Å². The summed E-state index contributed by atoms with van der Waals surface area (Å²) in [5.74, 6) is -0.932. The Balaban J connectivity index is 1.61. The molecule has 5 heteroatoms. The highest BCUT2D eigenvalue weighted by Gasteiger charge is 2.50. The van der Waals surface area contributed by atoms with E-state index in [0.29, 0.717) is 18.4 Å². The van der Waals surface area contributed by atoms with E-state index in [0.717, 1.165) is 0 Å². The lowest BCUT2D eigenvalue weighted by molar-refractivity contribution is -0.214. The van der Waals surface area contributed by atoms with Crippen LogP contribution in [0.4, 0.5) is 0 Å². The van der Waals surface area contributed by atoms with Crippen LogP contribution in [0.3, 0.4) is 0 Å². The van der Waals surface area contributed by atoms with Crippen molar-refractivity contribution in [3.8, 4) is 0 Å². The van der Waals surface area contributed by atoms with E-state index in [1.807, 2.05) is 39.0 Å². The minimum Gasteiger partial charge on any atom is -0.456 e. The summed E-state index contributed by atoms with van der Waals surface area (Å²) < 4.78 is 23.0. The van der Waals surface area contributed by atoms with Gasteiger partial charge in [0.15, 0.2) is 12.1 Å². The first-order valence-corrected chi connectivity index (χ1v) is 7.75. The molecule has 0 aromatic heterocycles. The van der Waals surface area contributed by atoms with Crippen LogP contribution in [-0.4, -0.2) is 36.4 Å². The lowest BCUT2D eigenvalue weighted by Gasteiger charge is -2.25. The largest absolute Gasteiger partial charge is 0.456 e. The van der Waals surface area contributed by atoms with Crippen molar-refractivity contribution in [2.75, 3.05) is 0 Å². The summed E-state index contributed by atoms with van der Waals surface area (Å²) in [4.78, 5) is 12.2. The van der Waals surface area contributed by atoms with Gasteiger partial charge in [-0.1, -0.05) is 25.1 Å². The SMILES string of the molecule is CCC(OC(=O)c1ccccc1)[C@@H]1C[C@H]2OC(C)(C)O[C@H]2O1.